The van der Waals surface area contributed by atoms with Gasteiger partial charge in [-0.3, -0.25) is 19.3 Å². The maximum Gasteiger partial charge on any atom is 0.416 e. The highest BCUT2D eigenvalue weighted by atomic mass is 16.6. The summed E-state index contributed by atoms with van der Waals surface area (Å²) in [6, 6.07) is 32.6. The number of nitrogens with zero attached hydrogens (tertiary/aromatic N) is 2. The van der Waals surface area contributed by atoms with Crippen LogP contribution in [0.15, 0.2) is 109 Å². The van der Waals surface area contributed by atoms with Crippen LogP contribution < -0.4 is 20.3 Å². The number of benzene rings is 4. The van der Waals surface area contributed by atoms with Crippen molar-refractivity contribution in [2.45, 2.75) is 65.2 Å². The quantitative estimate of drug-likeness (QED) is 0.104. The second kappa shape index (κ2) is 18.7. The van der Waals surface area contributed by atoms with Crippen LogP contribution in [0.4, 0.5) is 10.6 Å². The van der Waals surface area contributed by atoms with E-state index in [1.165, 1.54) is 12.0 Å². The Hall–Kier alpha value is -6.23. The summed E-state index contributed by atoms with van der Waals surface area (Å²) < 4.78 is 16.7. The first-order chi connectivity index (χ1) is 26.4. The Balaban J connectivity index is 1.20. The summed E-state index contributed by atoms with van der Waals surface area (Å²) in [4.78, 5) is 56.9. The second-order valence-corrected chi connectivity index (χ2v) is 14.2. The van der Waals surface area contributed by atoms with Gasteiger partial charge in [-0.2, -0.15) is 0 Å². The summed E-state index contributed by atoms with van der Waals surface area (Å²) in [5, 5.41) is 7.52. The standard InChI is InChI=1S/C44H48N4O7/c1-30-23-24-45-39(26-30)48(43(52)55-44(2,3)4)25-11-16-40(49)46-28-41(50)47-37(27-42(51)53-5)33-19-17-32(18-20-33)34-21-22-38(36-15-10-9-14-35(34)36)54-29-31-12-7-6-8-13-31/h6-10,12-15,17-24,26,37H,11,16,25,27-29H2,1-5H3,(H,46,49)(H,47,50). The molecular formula is C44H48N4O7. The summed E-state index contributed by atoms with van der Waals surface area (Å²) in [5.41, 5.74) is 3.96. The third kappa shape index (κ3) is 11.6. The third-order valence-corrected chi connectivity index (χ3v) is 8.70. The number of carbonyl (C=O) groups is 4. The Morgan fingerprint density at radius 1 is 0.836 bits per heavy atom. The molecule has 0 saturated heterocycles. The Bertz CT molecular complexity index is 2100. The van der Waals surface area contributed by atoms with E-state index >= 15 is 0 Å². The van der Waals surface area contributed by atoms with Gasteiger partial charge in [-0.05, 0) is 85.5 Å². The molecule has 0 saturated carbocycles. The average molecular weight is 745 g/mol. The van der Waals surface area contributed by atoms with Gasteiger partial charge in [0.25, 0.3) is 0 Å². The SMILES string of the molecule is COC(=O)CC(NC(=O)CNC(=O)CCCN(C(=O)OC(C)(C)C)c1cc(C)ccn1)c1ccc(-c2ccc(OCc3ccccc3)c3ccccc23)cc1. The number of methoxy groups -OCH3 is 1. The molecule has 1 aromatic heterocycles. The average Bonchev–Trinajstić information content (AvgIpc) is 3.17. The van der Waals surface area contributed by atoms with Crippen molar-refractivity contribution in [3.8, 4) is 16.9 Å². The number of hydrogen-bond donors (Lipinski definition) is 2. The van der Waals surface area contributed by atoms with E-state index in [1.54, 1.807) is 33.0 Å². The molecule has 1 atom stereocenters. The Morgan fingerprint density at radius 2 is 1.55 bits per heavy atom. The van der Waals surface area contributed by atoms with E-state index in [0.29, 0.717) is 24.4 Å². The number of hydrogen-bond acceptors (Lipinski definition) is 8. The van der Waals surface area contributed by atoms with Crippen molar-refractivity contribution in [2.75, 3.05) is 25.1 Å². The minimum atomic E-state index is -0.711. The lowest BCUT2D eigenvalue weighted by Gasteiger charge is -2.27. The van der Waals surface area contributed by atoms with Gasteiger partial charge in [-0.25, -0.2) is 9.78 Å². The predicted octanol–water partition coefficient (Wildman–Crippen LogP) is 7.85. The number of amides is 3. The van der Waals surface area contributed by atoms with Crippen LogP contribution in [0.1, 0.15) is 62.8 Å². The van der Waals surface area contributed by atoms with Gasteiger partial charge in [-0.1, -0.05) is 84.9 Å². The minimum absolute atomic E-state index is 0.0558. The van der Waals surface area contributed by atoms with Gasteiger partial charge in [0.05, 0.1) is 26.1 Å². The molecule has 0 radical (unpaired) electrons. The first-order valence-corrected chi connectivity index (χ1v) is 18.2. The van der Waals surface area contributed by atoms with Gasteiger partial charge in [0.15, 0.2) is 0 Å². The number of carbonyl (C=O) groups excluding carboxylic acids is 4. The number of ether oxygens (including phenoxy) is 3. The van der Waals surface area contributed by atoms with E-state index in [0.717, 1.165) is 38.8 Å². The van der Waals surface area contributed by atoms with Crippen molar-refractivity contribution < 1.29 is 33.4 Å². The largest absolute Gasteiger partial charge is 0.488 e. The Morgan fingerprint density at radius 3 is 2.24 bits per heavy atom. The van der Waals surface area contributed by atoms with Gasteiger partial charge < -0.3 is 24.8 Å². The number of esters is 1. The molecule has 5 aromatic rings. The molecule has 286 valence electrons. The van der Waals surface area contributed by atoms with Crippen molar-refractivity contribution in [1.82, 2.24) is 15.6 Å². The van der Waals surface area contributed by atoms with Crippen LogP contribution in [0, 0.1) is 6.92 Å². The summed E-state index contributed by atoms with van der Waals surface area (Å²) in [6.07, 6.45) is 1.31. The van der Waals surface area contributed by atoms with E-state index in [9.17, 15) is 19.2 Å². The smallest absolute Gasteiger partial charge is 0.416 e. The van der Waals surface area contributed by atoms with E-state index in [4.69, 9.17) is 14.2 Å². The van der Waals surface area contributed by atoms with Gasteiger partial charge in [0.1, 0.15) is 23.8 Å². The van der Waals surface area contributed by atoms with E-state index in [1.807, 2.05) is 97.9 Å². The second-order valence-electron chi connectivity index (χ2n) is 14.2. The summed E-state index contributed by atoms with van der Waals surface area (Å²) in [5.74, 6) is -0.117. The van der Waals surface area contributed by atoms with Gasteiger partial charge in [0, 0.05) is 24.5 Å². The molecule has 5 rings (SSSR count). The summed E-state index contributed by atoms with van der Waals surface area (Å²) in [7, 11) is 1.29. The van der Waals surface area contributed by atoms with Gasteiger partial charge in [-0.15, -0.1) is 0 Å². The van der Waals surface area contributed by atoms with Crippen molar-refractivity contribution >= 4 is 40.5 Å². The molecule has 11 heteroatoms. The molecule has 0 aliphatic heterocycles. The van der Waals surface area contributed by atoms with E-state index in [2.05, 4.69) is 21.7 Å². The van der Waals surface area contributed by atoms with Crippen LogP contribution in [0.25, 0.3) is 21.9 Å². The number of aromatic nitrogens is 1. The molecule has 3 amide bonds. The lowest BCUT2D eigenvalue weighted by Crippen LogP contribution is -2.40. The van der Waals surface area contributed by atoms with Crippen LogP contribution in [-0.2, 0) is 30.5 Å². The number of anilines is 1. The van der Waals surface area contributed by atoms with Crippen LogP contribution in [0.3, 0.4) is 0 Å². The monoisotopic (exact) mass is 744 g/mol. The van der Waals surface area contributed by atoms with E-state index in [-0.39, 0.29) is 31.8 Å². The van der Waals surface area contributed by atoms with Crippen LogP contribution in [0.5, 0.6) is 5.75 Å². The number of nitrogens with one attached hydrogen (secondary N) is 2. The molecule has 0 fully saturated rings. The van der Waals surface area contributed by atoms with Crippen molar-refractivity contribution in [1.29, 1.82) is 0 Å². The molecule has 11 nitrogen and oxygen atoms in total. The Kier molecular flexibility index (Phi) is 13.6. The highest BCUT2D eigenvalue weighted by Crippen LogP contribution is 2.35. The zero-order valence-electron chi connectivity index (χ0n) is 32.0. The maximum absolute atomic E-state index is 13.1. The van der Waals surface area contributed by atoms with Crippen LogP contribution >= 0.6 is 0 Å². The topological polar surface area (TPSA) is 136 Å². The molecule has 2 N–H and O–H groups in total. The minimum Gasteiger partial charge on any atom is -0.488 e. The molecule has 55 heavy (non-hydrogen) atoms. The zero-order chi connectivity index (χ0) is 39.4. The molecule has 0 aliphatic carbocycles. The highest BCUT2D eigenvalue weighted by Gasteiger charge is 2.25. The van der Waals surface area contributed by atoms with Crippen molar-refractivity contribution in [3.05, 3.63) is 126 Å². The van der Waals surface area contributed by atoms with Gasteiger partial charge in [0.2, 0.25) is 11.8 Å². The normalized spacial score (nSPS) is 11.7. The number of fused-ring (bicyclic) bond motifs is 1. The third-order valence-electron chi connectivity index (χ3n) is 8.70. The zero-order valence-corrected chi connectivity index (χ0v) is 32.0. The van der Waals surface area contributed by atoms with Crippen molar-refractivity contribution in [2.24, 2.45) is 0 Å². The molecule has 4 aromatic carbocycles. The molecule has 0 bridgehead atoms. The summed E-state index contributed by atoms with van der Waals surface area (Å²) >= 11 is 0. The Labute approximate surface area is 322 Å². The number of aryl methyl sites for hydroxylation is 1. The number of rotatable bonds is 15. The van der Waals surface area contributed by atoms with Crippen LogP contribution in [-0.4, -0.2) is 54.7 Å². The molecular weight excluding hydrogens is 697 g/mol. The lowest BCUT2D eigenvalue weighted by molar-refractivity contribution is -0.141. The summed E-state index contributed by atoms with van der Waals surface area (Å²) in [6.45, 7) is 7.58. The molecule has 1 heterocycles. The van der Waals surface area contributed by atoms with Crippen molar-refractivity contribution in [3.63, 3.8) is 0 Å². The predicted molar refractivity (Wildman–Crippen MR) is 212 cm³/mol. The van der Waals surface area contributed by atoms with Gasteiger partial charge >= 0.3 is 12.1 Å². The lowest BCUT2D eigenvalue weighted by atomic mass is 9.95. The first kappa shape index (κ1) is 40.0. The highest BCUT2D eigenvalue weighted by molar-refractivity contribution is 6.00. The first-order valence-electron chi connectivity index (χ1n) is 18.2. The maximum atomic E-state index is 13.1. The fraction of sp³-hybridized carbons (Fsp3) is 0.295. The number of pyridine rings is 1. The molecule has 0 spiro atoms. The molecule has 0 aliphatic rings. The fourth-order valence-corrected chi connectivity index (χ4v) is 5.98. The van der Waals surface area contributed by atoms with Crippen LogP contribution in [0.2, 0.25) is 0 Å². The van der Waals surface area contributed by atoms with E-state index < -0.39 is 29.6 Å². The molecule has 1 unspecified atom stereocenters. The fourth-order valence-electron chi connectivity index (χ4n) is 5.98.